The van der Waals surface area contributed by atoms with Gasteiger partial charge in [-0.15, -0.1) is 0 Å². The number of carbonyl (C=O) groups is 1. The molecular formula is C22H20FN3O2. The molecule has 0 saturated heterocycles. The van der Waals surface area contributed by atoms with Gasteiger partial charge in [0.1, 0.15) is 11.6 Å². The highest BCUT2D eigenvalue weighted by atomic mass is 19.1. The van der Waals surface area contributed by atoms with E-state index in [9.17, 15) is 14.3 Å². The first-order chi connectivity index (χ1) is 13.5. The molecule has 2 N–H and O–H groups in total. The first-order valence-electron chi connectivity index (χ1n) is 9.30. The Morgan fingerprint density at radius 2 is 1.93 bits per heavy atom. The summed E-state index contributed by atoms with van der Waals surface area (Å²) in [5, 5.41) is 12.2. The highest BCUT2D eigenvalue weighted by Gasteiger charge is 2.22. The number of aromatic nitrogens is 2. The molecule has 1 heterocycles. The van der Waals surface area contributed by atoms with Crippen molar-refractivity contribution in [3.05, 3.63) is 70.8 Å². The molecule has 1 aliphatic rings. The van der Waals surface area contributed by atoms with Crippen LogP contribution in [0.3, 0.4) is 0 Å². The van der Waals surface area contributed by atoms with Crippen LogP contribution >= 0.6 is 0 Å². The van der Waals surface area contributed by atoms with E-state index in [2.05, 4.69) is 10.3 Å². The standard InChI is InChI=1S/C22H20FN3O2/c1-2-18-22(26-20(28)11-13-3-7-16(27)8-4-13)25-19-10-5-14-12-15(23)6-9-17(14)21(19)24-18/h3-4,6-9,12,27H,2,5,10-11H2,1H3,(H,25,26,28). The van der Waals surface area contributed by atoms with Crippen molar-refractivity contribution < 1.29 is 14.3 Å². The van der Waals surface area contributed by atoms with Gasteiger partial charge in [-0.1, -0.05) is 19.1 Å². The van der Waals surface area contributed by atoms with Crippen LogP contribution in [0.25, 0.3) is 11.3 Å². The minimum atomic E-state index is -0.246. The minimum Gasteiger partial charge on any atom is -0.508 e. The van der Waals surface area contributed by atoms with E-state index in [1.165, 1.54) is 6.07 Å². The molecule has 0 fully saturated rings. The van der Waals surface area contributed by atoms with Gasteiger partial charge < -0.3 is 10.4 Å². The van der Waals surface area contributed by atoms with Crippen LogP contribution < -0.4 is 5.32 Å². The van der Waals surface area contributed by atoms with Gasteiger partial charge in [0.15, 0.2) is 5.82 Å². The third kappa shape index (κ3) is 3.58. The number of anilines is 1. The smallest absolute Gasteiger partial charge is 0.229 e. The molecule has 28 heavy (non-hydrogen) atoms. The van der Waals surface area contributed by atoms with Crippen molar-refractivity contribution >= 4 is 11.7 Å². The van der Waals surface area contributed by atoms with Gasteiger partial charge >= 0.3 is 0 Å². The maximum atomic E-state index is 13.5. The molecule has 5 nitrogen and oxygen atoms in total. The number of benzene rings is 2. The second-order valence-corrected chi connectivity index (χ2v) is 6.86. The summed E-state index contributed by atoms with van der Waals surface area (Å²) in [5.74, 6) is 0.214. The quantitative estimate of drug-likeness (QED) is 0.725. The molecule has 0 atom stereocenters. The lowest BCUT2D eigenvalue weighted by Crippen LogP contribution is -2.19. The summed E-state index contributed by atoms with van der Waals surface area (Å²) in [6.07, 6.45) is 2.15. The van der Waals surface area contributed by atoms with Gasteiger partial charge in [-0.2, -0.15) is 0 Å². The van der Waals surface area contributed by atoms with Crippen molar-refractivity contribution in [1.82, 2.24) is 9.97 Å². The molecule has 1 aliphatic carbocycles. The molecule has 0 unspecified atom stereocenters. The molecule has 0 bridgehead atoms. The van der Waals surface area contributed by atoms with E-state index in [4.69, 9.17) is 4.98 Å². The second kappa shape index (κ2) is 7.38. The molecule has 0 aliphatic heterocycles. The molecule has 142 valence electrons. The maximum absolute atomic E-state index is 13.5. The largest absolute Gasteiger partial charge is 0.508 e. The number of hydrogen-bond donors (Lipinski definition) is 2. The minimum absolute atomic E-state index is 0.165. The lowest BCUT2D eigenvalue weighted by Gasteiger charge is -2.20. The molecule has 4 rings (SSSR count). The third-order valence-corrected chi connectivity index (χ3v) is 4.89. The Morgan fingerprint density at radius 3 is 2.68 bits per heavy atom. The molecule has 1 amide bonds. The van der Waals surface area contributed by atoms with Gasteiger partial charge in [0, 0.05) is 5.56 Å². The van der Waals surface area contributed by atoms with Gasteiger partial charge in [0.2, 0.25) is 5.91 Å². The third-order valence-electron chi connectivity index (χ3n) is 4.89. The molecular weight excluding hydrogens is 357 g/mol. The number of amides is 1. The number of carbonyl (C=O) groups excluding carboxylic acids is 1. The zero-order chi connectivity index (χ0) is 19.7. The van der Waals surface area contributed by atoms with Crippen LogP contribution in [-0.4, -0.2) is 21.0 Å². The average Bonchev–Trinajstić information content (AvgIpc) is 2.68. The van der Waals surface area contributed by atoms with E-state index in [0.717, 1.165) is 28.1 Å². The number of phenolic OH excluding ortho intramolecular Hbond substituents is 1. The van der Waals surface area contributed by atoms with Gasteiger partial charge in [0.25, 0.3) is 0 Å². The molecule has 1 aromatic heterocycles. The number of hydrogen-bond acceptors (Lipinski definition) is 4. The van der Waals surface area contributed by atoms with Crippen molar-refractivity contribution in [2.75, 3.05) is 5.32 Å². The van der Waals surface area contributed by atoms with Crippen LogP contribution in [0.5, 0.6) is 5.75 Å². The average molecular weight is 377 g/mol. The van der Waals surface area contributed by atoms with Crippen molar-refractivity contribution in [2.24, 2.45) is 0 Å². The topological polar surface area (TPSA) is 75.1 Å². The van der Waals surface area contributed by atoms with E-state index in [1.54, 1.807) is 36.4 Å². The van der Waals surface area contributed by atoms with Gasteiger partial charge in [-0.25, -0.2) is 14.4 Å². The van der Waals surface area contributed by atoms with Crippen molar-refractivity contribution in [3.63, 3.8) is 0 Å². The zero-order valence-electron chi connectivity index (χ0n) is 15.5. The number of nitrogens with zero attached hydrogens (tertiary/aromatic N) is 2. The highest BCUT2D eigenvalue weighted by molar-refractivity contribution is 5.92. The van der Waals surface area contributed by atoms with Crippen LogP contribution in [-0.2, 0) is 30.5 Å². The Kier molecular flexibility index (Phi) is 4.77. The predicted octanol–water partition coefficient (Wildman–Crippen LogP) is 3.83. The Balaban J connectivity index is 1.61. The predicted molar refractivity (Wildman–Crippen MR) is 105 cm³/mol. The summed E-state index contributed by atoms with van der Waals surface area (Å²) >= 11 is 0. The summed E-state index contributed by atoms with van der Waals surface area (Å²) in [6.45, 7) is 1.96. The first kappa shape index (κ1) is 18.1. The summed E-state index contributed by atoms with van der Waals surface area (Å²) in [6, 6.07) is 11.3. The van der Waals surface area contributed by atoms with Crippen LogP contribution in [0.1, 0.15) is 29.4 Å². The Bertz CT molecular complexity index is 1050. The Labute approximate surface area is 162 Å². The Morgan fingerprint density at radius 1 is 1.14 bits per heavy atom. The monoisotopic (exact) mass is 377 g/mol. The fraction of sp³-hybridized carbons (Fsp3) is 0.227. The summed E-state index contributed by atoms with van der Waals surface area (Å²) < 4.78 is 13.5. The number of phenols is 1. The number of fused-ring (bicyclic) bond motifs is 3. The van der Waals surface area contributed by atoms with E-state index in [1.807, 2.05) is 6.92 Å². The van der Waals surface area contributed by atoms with E-state index < -0.39 is 0 Å². The van der Waals surface area contributed by atoms with Gasteiger partial charge in [-0.05, 0) is 60.7 Å². The fourth-order valence-corrected chi connectivity index (χ4v) is 3.47. The summed E-state index contributed by atoms with van der Waals surface area (Å²) in [7, 11) is 0. The molecule has 2 aromatic carbocycles. The number of rotatable bonds is 4. The lowest BCUT2D eigenvalue weighted by molar-refractivity contribution is -0.115. The number of nitrogens with one attached hydrogen (secondary N) is 1. The Hall–Kier alpha value is -3.28. The van der Waals surface area contributed by atoms with Crippen molar-refractivity contribution in [2.45, 2.75) is 32.6 Å². The molecule has 0 radical (unpaired) electrons. The zero-order valence-corrected chi connectivity index (χ0v) is 15.5. The van der Waals surface area contributed by atoms with Crippen LogP contribution in [0, 0.1) is 5.82 Å². The second-order valence-electron chi connectivity index (χ2n) is 6.86. The van der Waals surface area contributed by atoms with E-state index >= 15 is 0 Å². The maximum Gasteiger partial charge on any atom is 0.229 e. The highest BCUT2D eigenvalue weighted by Crippen LogP contribution is 2.33. The molecule has 0 spiro atoms. The van der Waals surface area contributed by atoms with Gasteiger partial charge in [-0.3, -0.25) is 4.79 Å². The van der Waals surface area contributed by atoms with Crippen LogP contribution in [0.4, 0.5) is 10.2 Å². The van der Waals surface area contributed by atoms with Crippen LogP contribution in [0.2, 0.25) is 0 Å². The first-order valence-corrected chi connectivity index (χ1v) is 9.30. The normalized spacial score (nSPS) is 12.2. The lowest BCUT2D eigenvalue weighted by atomic mass is 9.91. The number of halogens is 1. The number of aryl methyl sites for hydroxylation is 3. The summed E-state index contributed by atoms with van der Waals surface area (Å²) in [5.41, 5.74) is 4.94. The molecule has 0 saturated carbocycles. The van der Waals surface area contributed by atoms with Gasteiger partial charge in [0.05, 0.1) is 23.5 Å². The molecule has 6 heteroatoms. The summed E-state index contributed by atoms with van der Waals surface area (Å²) in [4.78, 5) is 21.9. The van der Waals surface area contributed by atoms with Crippen LogP contribution in [0.15, 0.2) is 42.5 Å². The molecule has 3 aromatic rings. The van der Waals surface area contributed by atoms with Crippen molar-refractivity contribution in [1.29, 1.82) is 0 Å². The fourth-order valence-electron chi connectivity index (χ4n) is 3.47. The number of aromatic hydroxyl groups is 1. The SMILES string of the molecule is CCc1nc2c(nc1NC(=O)Cc1ccc(O)cc1)CCc1cc(F)ccc1-2. The van der Waals surface area contributed by atoms with Crippen molar-refractivity contribution in [3.8, 4) is 17.0 Å². The van der Waals surface area contributed by atoms with E-state index in [0.29, 0.717) is 30.8 Å². The van der Waals surface area contributed by atoms with E-state index in [-0.39, 0.29) is 23.9 Å².